The Balaban J connectivity index is 4.46. The van der Waals surface area contributed by atoms with Crippen LogP contribution >= 0.6 is 0 Å². The van der Waals surface area contributed by atoms with E-state index in [4.69, 9.17) is 15.3 Å². The molecule has 7 nitrogen and oxygen atoms in total. The molecule has 0 aromatic heterocycles. The highest BCUT2D eigenvalue weighted by Gasteiger charge is 2.26. The molecular weight excluding hydrogens is 518 g/mol. The van der Waals surface area contributed by atoms with Crippen LogP contribution in [0, 0.1) is 0 Å². The van der Waals surface area contributed by atoms with Crippen LogP contribution in [-0.4, -0.2) is 63.9 Å². The van der Waals surface area contributed by atoms with Gasteiger partial charge in [0, 0.05) is 25.7 Å². The Bertz CT molecular complexity index is 623. The molecule has 0 aliphatic rings. The summed E-state index contributed by atoms with van der Waals surface area (Å²) in [6.07, 6.45) is 29.1. The molecule has 3 N–H and O–H groups in total. The van der Waals surface area contributed by atoms with E-state index in [2.05, 4.69) is 19.1 Å². The first kappa shape index (κ1) is 39.1. The summed E-state index contributed by atoms with van der Waals surface area (Å²) >= 11 is 0. The van der Waals surface area contributed by atoms with E-state index in [9.17, 15) is 14.4 Å². The average molecular weight is 583 g/mol. The van der Waals surface area contributed by atoms with Crippen LogP contribution in [0.25, 0.3) is 0 Å². The molecule has 0 aliphatic heterocycles. The highest BCUT2D eigenvalue weighted by atomic mass is 16.4. The first-order valence-corrected chi connectivity index (χ1v) is 17.0. The topological polar surface area (TPSA) is 112 Å². The van der Waals surface area contributed by atoms with Gasteiger partial charge in [0.15, 0.2) is 0 Å². The van der Waals surface area contributed by atoms with Crippen LogP contribution in [0.15, 0.2) is 12.2 Å². The molecule has 0 unspecified atom stereocenters. The second kappa shape index (κ2) is 28.2. The minimum Gasteiger partial charge on any atom is -0.481 e. The quantitative estimate of drug-likeness (QED) is 0.0414. The number of carbonyl (C=O) groups is 3. The molecule has 0 bridgehead atoms. The maximum absolute atomic E-state index is 11.0. The Morgan fingerprint density at radius 2 is 0.780 bits per heavy atom. The predicted octanol–water partition coefficient (Wildman–Crippen LogP) is 9.00. The van der Waals surface area contributed by atoms with Crippen LogP contribution in [0.5, 0.6) is 0 Å². The largest absolute Gasteiger partial charge is 0.481 e. The second-order valence-corrected chi connectivity index (χ2v) is 12.1. The Labute approximate surface area is 251 Å². The number of rotatable bonds is 32. The Morgan fingerprint density at radius 3 is 1.15 bits per heavy atom. The van der Waals surface area contributed by atoms with Crippen LogP contribution < -0.4 is 0 Å². The maximum Gasteiger partial charge on any atom is 0.303 e. The number of allylic oxidation sites excluding steroid dienone is 1. The summed E-state index contributed by atoms with van der Waals surface area (Å²) in [4.78, 5) is 33.0. The van der Waals surface area contributed by atoms with Crippen LogP contribution in [0.2, 0.25) is 0 Å². The highest BCUT2D eigenvalue weighted by molar-refractivity contribution is 5.67. The standard InChI is InChI=1S/C34H63NO6/c1-2-3-4-5-6-7-8-9-10-11-12-13-14-15-16-17-21-28-35(29-22-18-25-32(36)37,30-23-19-26-33(38)39)31-24-20-27-34(40)41/h16-17H,2-15,18-31H2,1H3,(H2-,36,37,38,39,40,41)/p+1/b17-16+. The average Bonchev–Trinajstić information content (AvgIpc) is 2.93. The van der Waals surface area contributed by atoms with Crippen molar-refractivity contribution in [3.8, 4) is 0 Å². The Hall–Kier alpha value is -1.89. The minimum absolute atomic E-state index is 0.164. The number of nitrogens with zero attached hydrogens (tertiary/aromatic N) is 1. The second-order valence-electron chi connectivity index (χ2n) is 12.1. The Kier molecular flexibility index (Phi) is 26.9. The van der Waals surface area contributed by atoms with E-state index in [1.54, 1.807) is 0 Å². The lowest BCUT2D eigenvalue weighted by Crippen LogP contribution is -2.50. The van der Waals surface area contributed by atoms with E-state index in [0.29, 0.717) is 19.3 Å². The molecule has 0 spiro atoms. The first-order valence-electron chi connectivity index (χ1n) is 17.0. The van der Waals surface area contributed by atoms with Crippen molar-refractivity contribution in [2.24, 2.45) is 0 Å². The zero-order chi connectivity index (χ0) is 30.4. The molecule has 0 aromatic carbocycles. The summed E-state index contributed by atoms with van der Waals surface area (Å²) in [6, 6.07) is 0. The third-order valence-corrected chi connectivity index (χ3v) is 8.23. The van der Waals surface area contributed by atoms with Gasteiger partial charge in [-0.2, -0.15) is 0 Å². The monoisotopic (exact) mass is 582 g/mol. The fourth-order valence-electron chi connectivity index (χ4n) is 5.71. The van der Waals surface area contributed by atoms with Gasteiger partial charge < -0.3 is 19.8 Å². The third kappa shape index (κ3) is 28.0. The number of unbranched alkanes of at least 4 members (excludes halogenated alkanes) is 16. The smallest absolute Gasteiger partial charge is 0.303 e. The molecule has 0 rings (SSSR count). The van der Waals surface area contributed by atoms with Gasteiger partial charge in [0.05, 0.1) is 26.2 Å². The lowest BCUT2D eigenvalue weighted by molar-refractivity contribution is -0.928. The molecule has 0 saturated carbocycles. The van der Waals surface area contributed by atoms with Crippen molar-refractivity contribution in [2.45, 2.75) is 161 Å². The van der Waals surface area contributed by atoms with Gasteiger partial charge in [-0.15, -0.1) is 0 Å². The summed E-state index contributed by atoms with van der Waals surface area (Å²) < 4.78 is 0.821. The van der Waals surface area contributed by atoms with Gasteiger partial charge in [-0.05, 0) is 51.4 Å². The van der Waals surface area contributed by atoms with E-state index < -0.39 is 17.9 Å². The van der Waals surface area contributed by atoms with Gasteiger partial charge in [0.25, 0.3) is 0 Å². The number of quaternary nitrogens is 1. The van der Waals surface area contributed by atoms with Gasteiger partial charge in [-0.1, -0.05) is 96.1 Å². The van der Waals surface area contributed by atoms with E-state index >= 15 is 0 Å². The number of hydrogen-bond donors (Lipinski definition) is 3. The lowest BCUT2D eigenvalue weighted by Gasteiger charge is -2.39. The van der Waals surface area contributed by atoms with Gasteiger partial charge in [0.2, 0.25) is 0 Å². The molecule has 41 heavy (non-hydrogen) atoms. The van der Waals surface area contributed by atoms with Gasteiger partial charge in [-0.25, -0.2) is 0 Å². The summed E-state index contributed by atoms with van der Waals surface area (Å²) in [5.41, 5.74) is 0. The van der Waals surface area contributed by atoms with Crippen LogP contribution in [-0.2, 0) is 14.4 Å². The van der Waals surface area contributed by atoms with Gasteiger partial charge in [-0.3, -0.25) is 14.4 Å². The summed E-state index contributed by atoms with van der Waals surface area (Å²) in [5, 5.41) is 27.1. The minimum atomic E-state index is -0.776. The molecule has 0 heterocycles. The third-order valence-electron chi connectivity index (χ3n) is 8.23. The number of carboxylic acids is 3. The molecule has 0 radical (unpaired) electrons. The van der Waals surface area contributed by atoms with E-state index in [1.165, 1.54) is 83.5 Å². The molecule has 0 fully saturated rings. The first-order chi connectivity index (χ1) is 19.8. The molecule has 0 atom stereocenters. The Morgan fingerprint density at radius 1 is 0.439 bits per heavy atom. The summed E-state index contributed by atoms with van der Waals surface area (Å²) in [7, 11) is 0. The molecule has 240 valence electrons. The molecule has 0 amide bonds. The molecule has 0 aliphatic carbocycles. The van der Waals surface area contributed by atoms with Crippen molar-refractivity contribution in [2.75, 3.05) is 26.2 Å². The van der Waals surface area contributed by atoms with E-state index in [-0.39, 0.29) is 19.3 Å². The number of hydrogen-bond acceptors (Lipinski definition) is 3. The van der Waals surface area contributed by atoms with Crippen molar-refractivity contribution >= 4 is 17.9 Å². The zero-order valence-corrected chi connectivity index (χ0v) is 26.5. The van der Waals surface area contributed by atoms with Crippen LogP contribution in [0.3, 0.4) is 0 Å². The van der Waals surface area contributed by atoms with Crippen molar-refractivity contribution in [1.29, 1.82) is 0 Å². The number of aliphatic carboxylic acids is 3. The predicted molar refractivity (Wildman–Crippen MR) is 168 cm³/mol. The SMILES string of the molecule is CCCCCCCCCCCCCCC/C=C/CC[N+](CCCCC(=O)O)(CCCCC(=O)O)CCCCC(=O)O. The highest BCUT2D eigenvalue weighted by Crippen LogP contribution is 2.18. The van der Waals surface area contributed by atoms with Crippen molar-refractivity contribution in [3.63, 3.8) is 0 Å². The van der Waals surface area contributed by atoms with E-state index in [0.717, 1.165) is 62.8 Å². The van der Waals surface area contributed by atoms with Gasteiger partial charge in [0.1, 0.15) is 0 Å². The summed E-state index contributed by atoms with van der Waals surface area (Å²) in [6.45, 7) is 5.78. The van der Waals surface area contributed by atoms with Gasteiger partial charge >= 0.3 is 17.9 Å². The van der Waals surface area contributed by atoms with Crippen molar-refractivity contribution in [1.82, 2.24) is 0 Å². The van der Waals surface area contributed by atoms with Crippen LogP contribution in [0.1, 0.15) is 161 Å². The van der Waals surface area contributed by atoms with Crippen molar-refractivity contribution in [3.05, 3.63) is 12.2 Å². The zero-order valence-electron chi connectivity index (χ0n) is 26.5. The van der Waals surface area contributed by atoms with Crippen LogP contribution in [0.4, 0.5) is 0 Å². The maximum atomic E-state index is 11.0. The van der Waals surface area contributed by atoms with E-state index in [1.807, 2.05) is 0 Å². The van der Waals surface area contributed by atoms with Crippen molar-refractivity contribution < 1.29 is 34.2 Å². The normalized spacial score (nSPS) is 11.8. The fourth-order valence-corrected chi connectivity index (χ4v) is 5.71. The molecule has 0 saturated heterocycles. The lowest BCUT2D eigenvalue weighted by atomic mass is 10.0. The number of carboxylic acid groups (broad SMARTS) is 3. The summed E-state index contributed by atoms with van der Waals surface area (Å²) in [5.74, 6) is -2.33. The fraction of sp³-hybridized carbons (Fsp3) is 0.853. The molecule has 7 heteroatoms. The molecular formula is C34H64NO6+. The molecule has 0 aromatic rings.